The van der Waals surface area contributed by atoms with Gasteiger partial charge in [-0.3, -0.25) is 4.79 Å². The molecule has 0 N–H and O–H groups in total. The van der Waals surface area contributed by atoms with Crippen molar-refractivity contribution in [2.45, 2.75) is 0 Å². The molecule has 0 aliphatic carbocycles. The number of benzene rings is 2. The average Bonchev–Trinajstić information content (AvgIpc) is 3.27. The zero-order valence-corrected chi connectivity index (χ0v) is 15.7. The summed E-state index contributed by atoms with van der Waals surface area (Å²) in [5.74, 6) is 0. The van der Waals surface area contributed by atoms with Crippen LogP contribution in [-0.4, -0.2) is 19.2 Å². The maximum Gasteiger partial charge on any atom is 0.299 e. The van der Waals surface area contributed by atoms with Crippen molar-refractivity contribution in [2.24, 2.45) is 0 Å². The topological polar surface area (TPSA) is 52.2 Å². The highest BCUT2D eigenvalue weighted by molar-refractivity contribution is 9.10. The Hall–Kier alpha value is -2.77. The summed E-state index contributed by atoms with van der Waals surface area (Å²) in [5.41, 5.74) is 2.21. The molecule has 3 aromatic heterocycles. The van der Waals surface area contributed by atoms with Crippen molar-refractivity contribution in [3.05, 3.63) is 81.8 Å². The van der Waals surface area contributed by atoms with E-state index in [-0.39, 0.29) is 5.56 Å². The zero-order chi connectivity index (χ0) is 17.7. The van der Waals surface area contributed by atoms with Crippen LogP contribution in [0.1, 0.15) is 0 Å². The van der Waals surface area contributed by atoms with E-state index in [0.29, 0.717) is 10.6 Å². The van der Waals surface area contributed by atoms with E-state index in [0.717, 1.165) is 25.9 Å². The smallest absolute Gasteiger partial charge is 0.299 e. The molecule has 7 heteroatoms. The number of fused-ring (bicyclic) bond motifs is 2. The van der Waals surface area contributed by atoms with Crippen LogP contribution in [-0.2, 0) is 0 Å². The van der Waals surface area contributed by atoms with Crippen LogP contribution in [0.25, 0.3) is 32.1 Å². The van der Waals surface area contributed by atoms with Crippen LogP contribution in [0.3, 0.4) is 0 Å². The quantitative estimate of drug-likeness (QED) is 0.420. The first-order valence-electron chi connectivity index (χ1n) is 7.92. The van der Waals surface area contributed by atoms with Gasteiger partial charge in [0.05, 0.1) is 11.7 Å². The predicted molar refractivity (Wildman–Crippen MR) is 107 cm³/mol. The fourth-order valence-electron chi connectivity index (χ4n) is 2.97. The molecule has 26 heavy (non-hydrogen) atoms. The second kappa shape index (κ2) is 5.89. The molecule has 0 bridgehead atoms. The van der Waals surface area contributed by atoms with E-state index >= 15 is 0 Å². The number of aromatic nitrogens is 4. The molecule has 5 aromatic rings. The van der Waals surface area contributed by atoms with Gasteiger partial charge in [0.15, 0.2) is 0 Å². The van der Waals surface area contributed by atoms with Crippen molar-refractivity contribution in [1.82, 2.24) is 19.2 Å². The van der Waals surface area contributed by atoms with E-state index in [1.54, 1.807) is 6.20 Å². The summed E-state index contributed by atoms with van der Waals surface area (Å²) in [6.07, 6.45) is 3.50. The minimum absolute atomic E-state index is 0.186. The summed E-state index contributed by atoms with van der Waals surface area (Å²) in [6.45, 7) is 0. The van der Waals surface area contributed by atoms with Crippen molar-refractivity contribution in [3.63, 3.8) is 0 Å². The standard InChI is InChI=1S/C19H11BrN4OS/c20-14-6-3-5-13(10-14)17-22-24-18(25)16(11-21-19(24)26-17)23-9-8-12-4-1-2-7-15(12)23/h1-11H. The maximum absolute atomic E-state index is 13.0. The van der Waals surface area contributed by atoms with Gasteiger partial charge in [-0.25, -0.2) is 4.98 Å². The second-order valence-corrected chi connectivity index (χ2v) is 7.68. The second-order valence-electron chi connectivity index (χ2n) is 5.81. The van der Waals surface area contributed by atoms with Gasteiger partial charge in [0.2, 0.25) is 4.96 Å². The number of nitrogens with zero attached hydrogens (tertiary/aromatic N) is 4. The summed E-state index contributed by atoms with van der Waals surface area (Å²) in [5, 5.41) is 6.33. The summed E-state index contributed by atoms with van der Waals surface area (Å²) >= 11 is 4.86. The van der Waals surface area contributed by atoms with E-state index < -0.39 is 0 Å². The highest BCUT2D eigenvalue weighted by Crippen LogP contribution is 2.27. The SMILES string of the molecule is O=c1c(-n2ccc3ccccc32)cnc2sc(-c3cccc(Br)c3)nn12. The normalized spacial score (nSPS) is 11.4. The molecule has 0 fully saturated rings. The van der Waals surface area contributed by atoms with Crippen LogP contribution in [0.2, 0.25) is 0 Å². The monoisotopic (exact) mass is 422 g/mol. The lowest BCUT2D eigenvalue weighted by Crippen LogP contribution is -2.20. The number of hydrogen-bond acceptors (Lipinski definition) is 4. The van der Waals surface area contributed by atoms with Crippen molar-refractivity contribution in [3.8, 4) is 16.3 Å². The molecule has 0 unspecified atom stereocenters. The molecule has 0 spiro atoms. The van der Waals surface area contributed by atoms with Gasteiger partial charge in [-0.2, -0.15) is 9.61 Å². The zero-order valence-electron chi connectivity index (χ0n) is 13.3. The molecular weight excluding hydrogens is 412 g/mol. The Morgan fingerprint density at radius 3 is 2.81 bits per heavy atom. The Labute approximate surface area is 160 Å². The van der Waals surface area contributed by atoms with E-state index in [1.165, 1.54) is 15.9 Å². The summed E-state index contributed by atoms with van der Waals surface area (Å²) in [4.78, 5) is 18.1. The van der Waals surface area contributed by atoms with Crippen molar-refractivity contribution >= 4 is 43.1 Å². The number of para-hydroxylation sites is 1. The Morgan fingerprint density at radius 1 is 1.04 bits per heavy atom. The molecule has 0 amide bonds. The van der Waals surface area contributed by atoms with Gasteiger partial charge in [-0.05, 0) is 29.7 Å². The highest BCUT2D eigenvalue weighted by atomic mass is 79.9. The maximum atomic E-state index is 13.0. The first-order chi connectivity index (χ1) is 12.7. The number of hydrogen-bond donors (Lipinski definition) is 0. The predicted octanol–water partition coefficient (Wildman–Crippen LogP) is 4.52. The van der Waals surface area contributed by atoms with Crippen LogP contribution in [0.5, 0.6) is 0 Å². The van der Waals surface area contributed by atoms with Crippen LogP contribution >= 0.6 is 27.3 Å². The lowest BCUT2D eigenvalue weighted by Gasteiger charge is -2.03. The molecule has 0 atom stereocenters. The van der Waals surface area contributed by atoms with Crippen molar-refractivity contribution < 1.29 is 0 Å². The molecule has 5 rings (SSSR count). The molecule has 126 valence electrons. The third kappa shape index (κ3) is 2.40. The fourth-order valence-corrected chi connectivity index (χ4v) is 4.23. The Balaban J connectivity index is 1.72. The summed E-state index contributed by atoms with van der Waals surface area (Å²) in [6, 6.07) is 17.8. The van der Waals surface area contributed by atoms with Gasteiger partial charge in [-0.1, -0.05) is 57.6 Å². The first kappa shape index (κ1) is 15.5. The van der Waals surface area contributed by atoms with Crippen molar-refractivity contribution in [1.29, 1.82) is 0 Å². The van der Waals surface area contributed by atoms with Gasteiger partial charge in [0, 0.05) is 16.2 Å². The Kier molecular flexibility index (Phi) is 3.51. The van der Waals surface area contributed by atoms with Gasteiger partial charge in [0.25, 0.3) is 5.56 Å². The molecule has 0 saturated carbocycles. The number of halogens is 1. The molecule has 0 aliphatic rings. The molecular formula is C19H11BrN4OS. The molecule has 2 aromatic carbocycles. The van der Waals surface area contributed by atoms with Gasteiger partial charge in [-0.15, -0.1) is 0 Å². The largest absolute Gasteiger partial charge is 0.310 e. The van der Waals surface area contributed by atoms with E-state index in [4.69, 9.17) is 0 Å². The lowest BCUT2D eigenvalue weighted by atomic mass is 10.2. The van der Waals surface area contributed by atoms with Gasteiger partial charge in [0.1, 0.15) is 10.7 Å². The third-order valence-corrected chi connectivity index (χ3v) is 5.66. The molecule has 3 heterocycles. The fraction of sp³-hybridized carbons (Fsp3) is 0. The molecule has 5 nitrogen and oxygen atoms in total. The highest BCUT2D eigenvalue weighted by Gasteiger charge is 2.14. The molecule has 0 radical (unpaired) electrons. The van der Waals surface area contributed by atoms with Gasteiger partial charge < -0.3 is 4.57 Å². The van der Waals surface area contributed by atoms with Gasteiger partial charge >= 0.3 is 0 Å². The number of rotatable bonds is 2. The van der Waals surface area contributed by atoms with E-state index in [9.17, 15) is 4.79 Å². The summed E-state index contributed by atoms with van der Waals surface area (Å²) < 4.78 is 4.20. The van der Waals surface area contributed by atoms with Crippen LogP contribution in [0.15, 0.2) is 76.3 Å². The Morgan fingerprint density at radius 2 is 1.92 bits per heavy atom. The van der Waals surface area contributed by atoms with Crippen LogP contribution in [0, 0.1) is 0 Å². The molecule has 0 saturated heterocycles. The minimum atomic E-state index is -0.186. The summed E-state index contributed by atoms with van der Waals surface area (Å²) in [7, 11) is 0. The first-order valence-corrected chi connectivity index (χ1v) is 9.53. The van der Waals surface area contributed by atoms with E-state index in [1.807, 2.05) is 65.4 Å². The third-order valence-electron chi connectivity index (χ3n) is 4.20. The van der Waals surface area contributed by atoms with E-state index in [2.05, 4.69) is 26.0 Å². The Bertz CT molecular complexity index is 1330. The van der Waals surface area contributed by atoms with Crippen LogP contribution in [0.4, 0.5) is 0 Å². The average molecular weight is 423 g/mol. The lowest BCUT2D eigenvalue weighted by molar-refractivity contribution is 0.879. The molecule has 0 aliphatic heterocycles. The van der Waals surface area contributed by atoms with Crippen molar-refractivity contribution in [2.75, 3.05) is 0 Å². The van der Waals surface area contributed by atoms with Crippen LogP contribution < -0.4 is 5.56 Å². The minimum Gasteiger partial charge on any atom is -0.310 e.